The second kappa shape index (κ2) is 12.0. The second-order valence-electron chi connectivity index (χ2n) is 11.5. The van der Waals surface area contributed by atoms with Crippen molar-refractivity contribution >= 4 is 42.3 Å². The van der Waals surface area contributed by atoms with E-state index in [2.05, 4.69) is 172 Å². The average Bonchev–Trinajstić information content (AvgIpc) is 3.45. The summed E-state index contributed by atoms with van der Waals surface area (Å²) in [4.78, 5) is 0. The smallest absolute Gasteiger partial charge is 0.0436 e. The molecule has 1 heterocycles. The van der Waals surface area contributed by atoms with Gasteiger partial charge in [0.05, 0.1) is 0 Å². The lowest BCUT2D eigenvalue weighted by Crippen LogP contribution is -1.88. The largest absolute Gasteiger partial charge is 0.135 e. The molecular weight excluding hydrogens is 549 g/mol. The molecule has 7 aromatic carbocycles. The van der Waals surface area contributed by atoms with Crippen LogP contribution in [-0.2, 0) is 0 Å². The van der Waals surface area contributed by atoms with Crippen LogP contribution in [0.3, 0.4) is 0 Å². The Hall–Kier alpha value is -4.98. The Balaban J connectivity index is 0.000000148. The molecule has 0 amide bonds. The maximum Gasteiger partial charge on any atom is 0.0436 e. The Labute approximate surface area is 263 Å². The third-order valence-electron chi connectivity index (χ3n) is 8.51. The molecule has 0 unspecified atom stereocenters. The molecule has 0 saturated carbocycles. The van der Waals surface area contributed by atoms with E-state index in [1.807, 2.05) is 11.3 Å². The number of hydrogen-bond donors (Lipinski definition) is 0. The van der Waals surface area contributed by atoms with Gasteiger partial charge in [-0.2, -0.15) is 0 Å². The molecule has 1 heteroatoms. The average molecular weight is 583 g/mol. The van der Waals surface area contributed by atoms with Gasteiger partial charge in [-0.05, 0) is 88.4 Å². The third kappa shape index (κ3) is 5.32. The zero-order chi connectivity index (χ0) is 30.0. The monoisotopic (exact) mass is 582 g/mol. The van der Waals surface area contributed by atoms with Gasteiger partial charge in [0.1, 0.15) is 0 Å². The molecule has 0 aliphatic carbocycles. The van der Waals surface area contributed by atoms with Crippen molar-refractivity contribution in [3.05, 3.63) is 168 Å². The van der Waals surface area contributed by atoms with E-state index in [0.717, 1.165) is 0 Å². The summed E-state index contributed by atoms with van der Waals surface area (Å²) in [6.45, 7) is 6.62. The molecule has 0 atom stereocenters. The fourth-order valence-electron chi connectivity index (χ4n) is 6.31. The summed E-state index contributed by atoms with van der Waals surface area (Å²) in [6.07, 6.45) is 0. The standard InChI is InChI=1S/C24H18S.C19H16/c1-15-7-3-4-8-18(15)19-13-11-17-12-14-21-20-9-5-6-10-22(20)25-24(21)23(17)16(19)2;1-15-12-18(16-8-4-2-5-9-16)14-19(13-15)17-10-6-3-7-11-17/h3-14H,1-2H3;2-14H,1H3. The van der Waals surface area contributed by atoms with Crippen molar-refractivity contribution in [3.63, 3.8) is 0 Å². The number of rotatable bonds is 3. The Bertz CT molecular complexity index is 2180. The minimum atomic E-state index is 1.27. The second-order valence-corrected chi connectivity index (χ2v) is 12.6. The van der Waals surface area contributed by atoms with Gasteiger partial charge in [-0.15, -0.1) is 11.3 Å². The molecule has 0 aliphatic heterocycles. The molecule has 0 saturated heterocycles. The summed E-state index contributed by atoms with van der Waals surface area (Å²) in [7, 11) is 0. The summed E-state index contributed by atoms with van der Waals surface area (Å²) in [5.74, 6) is 0. The molecule has 0 aliphatic rings. The van der Waals surface area contributed by atoms with Crippen LogP contribution in [0.1, 0.15) is 16.7 Å². The maximum absolute atomic E-state index is 2.28. The molecule has 0 radical (unpaired) electrons. The van der Waals surface area contributed by atoms with Crippen LogP contribution in [0.2, 0.25) is 0 Å². The van der Waals surface area contributed by atoms with Gasteiger partial charge in [0.25, 0.3) is 0 Å². The number of hydrogen-bond acceptors (Lipinski definition) is 1. The van der Waals surface area contributed by atoms with E-state index in [0.29, 0.717) is 0 Å². The number of aryl methyl sites for hydroxylation is 3. The van der Waals surface area contributed by atoms with E-state index >= 15 is 0 Å². The summed E-state index contributed by atoms with van der Waals surface area (Å²) >= 11 is 1.91. The fraction of sp³-hybridized carbons (Fsp3) is 0.0698. The lowest BCUT2D eigenvalue weighted by atomic mass is 9.92. The zero-order valence-electron chi connectivity index (χ0n) is 25.3. The Morgan fingerprint density at radius 3 is 1.70 bits per heavy atom. The number of fused-ring (bicyclic) bond motifs is 5. The molecule has 0 nitrogen and oxygen atoms in total. The highest BCUT2D eigenvalue weighted by atomic mass is 32.1. The van der Waals surface area contributed by atoms with Gasteiger partial charge in [-0.25, -0.2) is 0 Å². The third-order valence-corrected chi connectivity index (χ3v) is 9.72. The van der Waals surface area contributed by atoms with Crippen molar-refractivity contribution < 1.29 is 0 Å². The van der Waals surface area contributed by atoms with Crippen molar-refractivity contribution in [2.75, 3.05) is 0 Å². The molecule has 0 fully saturated rings. The van der Waals surface area contributed by atoms with Crippen LogP contribution in [0, 0.1) is 20.8 Å². The summed E-state index contributed by atoms with van der Waals surface area (Å²) in [5, 5.41) is 5.47. The first-order valence-electron chi connectivity index (χ1n) is 15.2. The first-order valence-corrected chi connectivity index (χ1v) is 16.0. The quantitative estimate of drug-likeness (QED) is 0.194. The van der Waals surface area contributed by atoms with Gasteiger partial charge in [0.2, 0.25) is 0 Å². The van der Waals surface area contributed by atoms with Gasteiger partial charge in [0, 0.05) is 25.6 Å². The van der Waals surface area contributed by atoms with E-state index < -0.39 is 0 Å². The highest BCUT2D eigenvalue weighted by Gasteiger charge is 2.13. The van der Waals surface area contributed by atoms with Gasteiger partial charge < -0.3 is 0 Å². The normalized spacial score (nSPS) is 11.1. The van der Waals surface area contributed by atoms with Crippen molar-refractivity contribution in [1.29, 1.82) is 0 Å². The molecule has 212 valence electrons. The topological polar surface area (TPSA) is 0 Å². The van der Waals surface area contributed by atoms with Crippen LogP contribution >= 0.6 is 11.3 Å². The summed E-state index contributed by atoms with van der Waals surface area (Å²) < 4.78 is 2.78. The Kier molecular flexibility index (Phi) is 7.56. The lowest BCUT2D eigenvalue weighted by molar-refractivity contribution is 1.43. The Morgan fingerprint density at radius 2 is 1.02 bits per heavy atom. The van der Waals surface area contributed by atoms with Crippen LogP contribution in [0.4, 0.5) is 0 Å². The van der Waals surface area contributed by atoms with Crippen molar-refractivity contribution in [3.8, 4) is 33.4 Å². The van der Waals surface area contributed by atoms with Crippen LogP contribution < -0.4 is 0 Å². The molecule has 0 N–H and O–H groups in total. The Morgan fingerprint density at radius 1 is 0.432 bits per heavy atom. The van der Waals surface area contributed by atoms with Crippen molar-refractivity contribution in [2.45, 2.75) is 20.8 Å². The van der Waals surface area contributed by atoms with Gasteiger partial charge in [0.15, 0.2) is 0 Å². The van der Waals surface area contributed by atoms with Crippen LogP contribution in [-0.4, -0.2) is 0 Å². The molecule has 44 heavy (non-hydrogen) atoms. The van der Waals surface area contributed by atoms with Crippen LogP contribution in [0.5, 0.6) is 0 Å². The summed E-state index contributed by atoms with van der Waals surface area (Å²) in [5.41, 5.74) is 11.8. The fourth-order valence-corrected chi connectivity index (χ4v) is 7.62. The maximum atomic E-state index is 2.28. The predicted molar refractivity (Wildman–Crippen MR) is 194 cm³/mol. The van der Waals surface area contributed by atoms with E-state index in [1.54, 1.807) is 0 Å². The van der Waals surface area contributed by atoms with Crippen molar-refractivity contribution in [2.24, 2.45) is 0 Å². The zero-order valence-corrected chi connectivity index (χ0v) is 26.2. The minimum Gasteiger partial charge on any atom is -0.135 e. The van der Waals surface area contributed by atoms with Gasteiger partial charge in [-0.3, -0.25) is 0 Å². The first kappa shape index (κ1) is 27.8. The predicted octanol–water partition coefficient (Wildman–Crippen LogP) is 12.8. The SMILES string of the molecule is Cc1cc(-c2ccccc2)cc(-c2ccccc2)c1.Cc1ccccc1-c1ccc2ccc3c4ccccc4sc3c2c1C. The van der Waals surface area contributed by atoms with E-state index in [1.165, 1.54) is 81.0 Å². The lowest BCUT2D eigenvalue weighted by Gasteiger charge is -2.13. The minimum absolute atomic E-state index is 1.27. The highest BCUT2D eigenvalue weighted by Crippen LogP contribution is 2.42. The summed E-state index contributed by atoms with van der Waals surface area (Å²) in [6, 6.07) is 54.3. The van der Waals surface area contributed by atoms with Crippen LogP contribution in [0.25, 0.3) is 64.3 Å². The molecule has 8 rings (SSSR count). The van der Waals surface area contributed by atoms with Crippen molar-refractivity contribution in [1.82, 2.24) is 0 Å². The number of benzene rings is 7. The van der Waals surface area contributed by atoms with Crippen LogP contribution in [0.15, 0.2) is 152 Å². The molecule has 0 spiro atoms. The highest BCUT2D eigenvalue weighted by molar-refractivity contribution is 7.26. The van der Waals surface area contributed by atoms with Gasteiger partial charge >= 0.3 is 0 Å². The molecule has 0 bridgehead atoms. The molecule has 8 aromatic rings. The van der Waals surface area contributed by atoms with E-state index in [4.69, 9.17) is 0 Å². The molecular formula is C43H34S. The first-order chi connectivity index (χ1) is 21.6. The van der Waals surface area contributed by atoms with Gasteiger partial charge in [-0.1, -0.05) is 140 Å². The number of thiophene rings is 1. The molecule has 1 aromatic heterocycles. The van der Waals surface area contributed by atoms with E-state index in [-0.39, 0.29) is 0 Å². The van der Waals surface area contributed by atoms with E-state index in [9.17, 15) is 0 Å².